The lowest BCUT2D eigenvalue weighted by Gasteiger charge is -2.45. The maximum absolute atomic E-state index is 6.80. The van der Waals surface area contributed by atoms with Gasteiger partial charge in [-0.25, -0.2) is 0 Å². The van der Waals surface area contributed by atoms with Crippen LogP contribution in [0.15, 0.2) is 231 Å². The minimum Gasteiger partial charge on any atom is -0.457 e. The SMILES string of the molecule is Cn1c2ccccc2c2cc3c(cc21)Oc1ccccc1C31c2ccccc2-n2c3ccccc3c3cccc1c32.c1ccc(-c2ccc(-n3c4ccccc4c4ccccc43)cc2)cc1. The summed E-state index contributed by atoms with van der Waals surface area (Å²) >= 11 is 0. The van der Waals surface area contributed by atoms with Crippen molar-refractivity contribution in [2.75, 3.05) is 0 Å². The Balaban J connectivity index is 0.000000143. The van der Waals surface area contributed by atoms with Crippen LogP contribution in [0.25, 0.3) is 87.9 Å². The van der Waals surface area contributed by atoms with E-state index in [1.807, 2.05) is 0 Å². The minimum absolute atomic E-state index is 0.546. The molecule has 15 rings (SSSR count). The molecule has 2 aliphatic heterocycles. The van der Waals surface area contributed by atoms with Crippen LogP contribution < -0.4 is 4.74 Å². The van der Waals surface area contributed by atoms with Gasteiger partial charge in [-0.1, -0.05) is 170 Å². The van der Waals surface area contributed by atoms with Gasteiger partial charge in [0.05, 0.1) is 38.7 Å². The van der Waals surface area contributed by atoms with E-state index >= 15 is 0 Å². The highest BCUT2D eigenvalue weighted by atomic mass is 16.5. The molecule has 0 N–H and O–H groups in total. The number of benzene rings is 10. The number of rotatable bonds is 2. The molecule has 0 amide bonds. The monoisotopic (exact) mass is 843 g/mol. The van der Waals surface area contributed by atoms with Gasteiger partial charge in [0.25, 0.3) is 0 Å². The predicted molar refractivity (Wildman–Crippen MR) is 273 cm³/mol. The van der Waals surface area contributed by atoms with Gasteiger partial charge < -0.3 is 18.4 Å². The third kappa shape index (κ3) is 4.98. The zero-order valence-corrected chi connectivity index (χ0v) is 36.2. The second-order valence-corrected chi connectivity index (χ2v) is 17.6. The largest absolute Gasteiger partial charge is 0.457 e. The fourth-order valence-corrected chi connectivity index (χ4v) is 11.6. The maximum Gasteiger partial charge on any atom is 0.134 e. The van der Waals surface area contributed by atoms with Crippen LogP contribution in [0, 0.1) is 0 Å². The number of ether oxygens (including phenoxy) is 1. The smallest absolute Gasteiger partial charge is 0.134 e. The lowest BCUT2D eigenvalue weighted by Crippen LogP contribution is -2.37. The van der Waals surface area contributed by atoms with Crippen LogP contribution in [0.4, 0.5) is 0 Å². The van der Waals surface area contributed by atoms with E-state index in [4.69, 9.17) is 4.74 Å². The van der Waals surface area contributed by atoms with Crippen molar-refractivity contribution in [1.82, 2.24) is 13.7 Å². The number of hydrogen-bond acceptors (Lipinski definition) is 1. The standard InChI is InChI=1S/C38H24N2O.C24H17N/c1-39-31-17-6-2-12-24(31)26-21-30-36(22-34(26)39)41-35-20-9-5-15-28(35)38(30)27-14-4-8-19-33(27)40-32-18-7-3-11-23(32)25-13-10-16-29(38)37(25)40;1-2-8-18(9-3-1)19-14-16-20(17-15-19)25-23-12-6-4-10-21(23)22-11-5-7-13-24(22)25/h2-22H,1H3;1-17H. The molecular weight excluding hydrogens is 803 g/mol. The van der Waals surface area contributed by atoms with Gasteiger partial charge >= 0.3 is 0 Å². The first kappa shape index (κ1) is 36.8. The summed E-state index contributed by atoms with van der Waals surface area (Å²) in [4.78, 5) is 0. The zero-order valence-electron chi connectivity index (χ0n) is 36.2. The molecule has 1 atom stereocenters. The molecule has 3 aromatic heterocycles. The summed E-state index contributed by atoms with van der Waals surface area (Å²) in [5, 5.41) is 7.67. The molecule has 0 aliphatic carbocycles. The van der Waals surface area contributed by atoms with Crippen LogP contribution in [0.2, 0.25) is 0 Å². The zero-order chi connectivity index (χ0) is 43.5. The van der Waals surface area contributed by atoms with E-state index in [9.17, 15) is 0 Å². The summed E-state index contributed by atoms with van der Waals surface area (Å²) in [5.41, 5.74) is 16.7. The van der Waals surface area contributed by atoms with Crippen molar-refractivity contribution in [3.8, 4) is 34.0 Å². The van der Waals surface area contributed by atoms with E-state index in [1.165, 1.54) is 110 Å². The number of para-hydroxylation sites is 7. The van der Waals surface area contributed by atoms with Crippen molar-refractivity contribution in [3.05, 3.63) is 253 Å². The Morgan fingerprint density at radius 1 is 0.333 bits per heavy atom. The van der Waals surface area contributed by atoms with Gasteiger partial charge in [-0.3, -0.25) is 0 Å². The number of aromatic nitrogens is 3. The fraction of sp³-hybridized carbons (Fsp3) is 0.0323. The molecule has 0 fully saturated rings. The molecule has 0 saturated heterocycles. The summed E-state index contributed by atoms with van der Waals surface area (Å²) in [7, 11) is 2.15. The maximum atomic E-state index is 6.80. The molecule has 2 aliphatic rings. The third-order valence-electron chi connectivity index (χ3n) is 14.4. The Bertz CT molecular complexity index is 4040. The van der Waals surface area contributed by atoms with Crippen molar-refractivity contribution in [2.24, 2.45) is 7.05 Å². The van der Waals surface area contributed by atoms with Gasteiger partial charge in [-0.15, -0.1) is 0 Å². The summed E-state index contributed by atoms with van der Waals surface area (Å²) in [6.07, 6.45) is 0. The van der Waals surface area contributed by atoms with Crippen LogP contribution in [-0.4, -0.2) is 13.7 Å². The summed E-state index contributed by atoms with van der Waals surface area (Å²) in [6.45, 7) is 0. The Morgan fingerprint density at radius 3 is 1.56 bits per heavy atom. The van der Waals surface area contributed by atoms with Crippen molar-refractivity contribution in [1.29, 1.82) is 0 Å². The molecule has 13 aromatic rings. The first-order valence-corrected chi connectivity index (χ1v) is 22.7. The third-order valence-corrected chi connectivity index (χ3v) is 14.4. The number of hydrogen-bond donors (Lipinski definition) is 0. The van der Waals surface area contributed by atoms with E-state index in [2.05, 4.69) is 251 Å². The van der Waals surface area contributed by atoms with Gasteiger partial charge in [-0.05, 0) is 76.9 Å². The van der Waals surface area contributed by atoms with Crippen LogP contribution in [0.1, 0.15) is 22.3 Å². The van der Waals surface area contributed by atoms with Crippen LogP contribution in [0.5, 0.6) is 11.5 Å². The molecule has 0 saturated carbocycles. The number of nitrogens with zero attached hydrogens (tertiary/aromatic N) is 3. The highest BCUT2D eigenvalue weighted by Crippen LogP contribution is 2.61. The first-order chi connectivity index (χ1) is 32.7. The Kier molecular flexibility index (Phi) is 7.79. The van der Waals surface area contributed by atoms with Crippen molar-refractivity contribution in [2.45, 2.75) is 5.41 Å². The number of fused-ring (bicyclic) bond motifs is 17. The lowest BCUT2D eigenvalue weighted by molar-refractivity contribution is 0.434. The summed E-state index contributed by atoms with van der Waals surface area (Å²) < 4.78 is 13.9. The molecule has 0 bridgehead atoms. The van der Waals surface area contributed by atoms with Crippen LogP contribution >= 0.6 is 0 Å². The highest BCUT2D eigenvalue weighted by Gasteiger charge is 2.50. The Hall–Kier alpha value is -8.60. The molecule has 5 heterocycles. The minimum atomic E-state index is -0.546. The molecule has 4 heteroatoms. The van der Waals surface area contributed by atoms with Crippen LogP contribution in [-0.2, 0) is 12.5 Å². The van der Waals surface area contributed by atoms with Gasteiger partial charge in [0.1, 0.15) is 11.5 Å². The molecular formula is C62H41N3O. The Labute approximate surface area is 381 Å². The molecule has 1 unspecified atom stereocenters. The molecule has 66 heavy (non-hydrogen) atoms. The van der Waals surface area contributed by atoms with Crippen molar-refractivity contribution in [3.63, 3.8) is 0 Å². The predicted octanol–water partition coefficient (Wildman–Crippen LogP) is 15.7. The van der Waals surface area contributed by atoms with E-state index in [0.717, 1.165) is 11.5 Å². The highest BCUT2D eigenvalue weighted by molar-refractivity contribution is 6.14. The average molecular weight is 844 g/mol. The van der Waals surface area contributed by atoms with Crippen LogP contribution in [0.3, 0.4) is 0 Å². The van der Waals surface area contributed by atoms with Gasteiger partial charge in [0.15, 0.2) is 0 Å². The van der Waals surface area contributed by atoms with Gasteiger partial charge in [-0.2, -0.15) is 0 Å². The van der Waals surface area contributed by atoms with Crippen molar-refractivity contribution < 1.29 is 4.74 Å². The summed E-state index contributed by atoms with van der Waals surface area (Å²) in [5.74, 6) is 1.83. The van der Waals surface area contributed by atoms with E-state index in [1.54, 1.807) is 0 Å². The summed E-state index contributed by atoms with van der Waals surface area (Å²) in [6, 6.07) is 83.2. The second-order valence-electron chi connectivity index (χ2n) is 17.6. The molecule has 310 valence electrons. The first-order valence-electron chi connectivity index (χ1n) is 22.7. The van der Waals surface area contributed by atoms with Crippen molar-refractivity contribution >= 4 is 65.4 Å². The normalized spacial score (nSPS) is 14.6. The molecule has 0 radical (unpaired) electrons. The average Bonchev–Trinajstić information content (AvgIpc) is 4.01. The fourth-order valence-electron chi connectivity index (χ4n) is 11.6. The second kappa shape index (κ2) is 13.9. The van der Waals surface area contributed by atoms with E-state index < -0.39 is 5.41 Å². The molecule has 4 nitrogen and oxygen atoms in total. The molecule has 1 spiro atoms. The lowest BCUT2D eigenvalue weighted by atomic mass is 9.61. The van der Waals surface area contributed by atoms with Gasteiger partial charge in [0.2, 0.25) is 0 Å². The van der Waals surface area contributed by atoms with E-state index in [0.29, 0.717) is 0 Å². The molecule has 10 aromatic carbocycles. The Morgan fingerprint density at radius 2 is 0.848 bits per heavy atom. The number of aryl methyl sites for hydroxylation is 1. The quantitative estimate of drug-likeness (QED) is 0.170. The topological polar surface area (TPSA) is 24.0 Å². The van der Waals surface area contributed by atoms with Gasteiger partial charge in [0, 0.05) is 67.8 Å². The van der Waals surface area contributed by atoms with E-state index in [-0.39, 0.29) is 0 Å².